The Morgan fingerprint density at radius 2 is 2.11 bits per heavy atom. The molecule has 0 aliphatic carbocycles. The van der Waals surface area contributed by atoms with Gasteiger partial charge in [-0.2, -0.15) is 5.26 Å². The number of amides is 1. The summed E-state index contributed by atoms with van der Waals surface area (Å²) in [6.45, 7) is 3.92. The maximum Gasteiger partial charge on any atom is 0.251 e. The van der Waals surface area contributed by atoms with Gasteiger partial charge in [0.1, 0.15) is 0 Å². The number of nitrogens with zero attached hydrogens (tertiary/aromatic N) is 1. The van der Waals surface area contributed by atoms with Gasteiger partial charge in [0.25, 0.3) is 5.91 Å². The van der Waals surface area contributed by atoms with E-state index in [1.807, 2.05) is 6.92 Å². The summed E-state index contributed by atoms with van der Waals surface area (Å²) in [5.74, 6) is -0.0880. The highest BCUT2D eigenvalue weighted by molar-refractivity contribution is 5.94. The number of hydrogen-bond acceptors (Lipinski definition) is 3. The van der Waals surface area contributed by atoms with Crippen LogP contribution in [0.15, 0.2) is 24.3 Å². The maximum absolute atomic E-state index is 11.7. The van der Waals surface area contributed by atoms with Crippen molar-refractivity contribution in [2.45, 2.75) is 19.8 Å². The Morgan fingerprint density at radius 3 is 2.72 bits per heavy atom. The van der Waals surface area contributed by atoms with Crippen LogP contribution in [0.4, 0.5) is 0 Å². The van der Waals surface area contributed by atoms with E-state index in [2.05, 4.69) is 11.4 Å². The van der Waals surface area contributed by atoms with E-state index in [0.29, 0.717) is 31.7 Å². The molecule has 4 heteroatoms. The monoisotopic (exact) mass is 246 g/mol. The van der Waals surface area contributed by atoms with E-state index in [9.17, 15) is 4.79 Å². The molecule has 1 amide bonds. The standard InChI is InChI=1S/C14H18N2O2/c1-2-18-11-3-10-16-14(17)13-6-4-12(5-7-13)8-9-15/h4-7H,2-3,8,10-11H2,1H3,(H,16,17). The third kappa shape index (κ3) is 4.98. The van der Waals surface area contributed by atoms with Gasteiger partial charge in [0.2, 0.25) is 0 Å². The lowest BCUT2D eigenvalue weighted by molar-refractivity contribution is 0.0944. The van der Waals surface area contributed by atoms with Crippen molar-refractivity contribution in [1.82, 2.24) is 5.32 Å². The molecule has 96 valence electrons. The number of nitriles is 1. The van der Waals surface area contributed by atoms with E-state index in [1.165, 1.54) is 0 Å². The van der Waals surface area contributed by atoms with Gasteiger partial charge in [-0.15, -0.1) is 0 Å². The molecule has 0 heterocycles. The van der Waals surface area contributed by atoms with E-state index >= 15 is 0 Å². The Bertz CT molecular complexity index is 407. The Kier molecular flexibility index (Phi) is 6.52. The third-order valence-electron chi connectivity index (χ3n) is 2.45. The van der Waals surface area contributed by atoms with Gasteiger partial charge in [0, 0.05) is 25.3 Å². The molecule has 0 unspecified atom stereocenters. The molecule has 0 saturated heterocycles. The Hall–Kier alpha value is -1.86. The van der Waals surface area contributed by atoms with Gasteiger partial charge in [-0.3, -0.25) is 4.79 Å². The summed E-state index contributed by atoms with van der Waals surface area (Å²) >= 11 is 0. The fourth-order valence-corrected chi connectivity index (χ4v) is 1.49. The van der Waals surface area contributed by atoms with E-state index in [1.54, 1.807) is 24.3 Å². The maximum atomic E-state index is 11.7. The molecule has 4 nitrogen and oxygen atoms in total. The minimum atomic E-state index is -0.0880. The molecule has 1 aromatic rings. The van der Waals surface area contributed by atoms with Crippen LogP contribution >= 0.6 is 0 Å². The van der Waals surface area contributed by atoms with E-state index in [4.69, 9.17) is 10.00 Å². The zero-order valence-electron chi connectivity index (χ0n) is 10.6. The summed E-state index contributed by atoms with van der Waals surface area (Å²) in [4.78, 5) is 11.7. The smallest absolute Gasteiger partial charge is 0.251 e. The van der Waals surface area contributed by atoms with Crippen molar-refractivity contribution >= 4 is 5.91 Å². The highest BCUT2D eigenvalue weighted by Crippen LogP contribution is 2.04. The van der Waals surface area contributed by atoms with E-state index in [0.717, 1.165) is 12.0 Å². The van der Waals surface area contributed by atoms with Crippen LogP contribution in [0.5, 0.6) is 0 Å². The number of rotatable bonds is 7. The quantitative estimate of drug-likeness (QED) is 0.747. The van der Waals surface area contributed by atoms with Crippen molar-refractivity contribution in [3.8, 4) is 6.07 Å². The first kappa shape index (κ1) is 14.2. The molecule has 1 aromatic carbocycles. The van der Waals surface area contributed by atoms with Crippen LogP contribution in [-0.2, 0) is 11.2 Å². The number of carbonyl (C=O) groups is 1. The van der Waals surface area contributed by atoms with Crippen molar-refractivity contribution in [2.24, 2.45) is 0 Å². The molecule has 0 bridgehead atoms. The Morgan fingerprint density at radius 1 is 1.39 bits per heavy atom. The normalized spacial score (nSPS) is 9.78. The summed E-state index contributed by atoms with van der Waals surface area (Å²) in [5.41, 5.74) is 1.54. The van der Waals surface area contributed by atoms with Crippen LogP contribution < -0.4 is 5.32 Å². The number of benzene rings is 1. The van der Waals surface area contributed by atoms with Crippen molar-refractivity contribution in [1.29, 1.82) is 5.26 Å². The highest BCUT2D eigenvalue weighted by Gasteiger charge is 2.04. The average Bonchev–Trinajstić information content (AvgIpc) is 2.39. The van der Waals surface area contributed by atoms with Gasteiger partial charge in [-0.05, 0) is 31.0 Å². The molecule has 0 aliphatic rings. The molecule has 0 saturated carbocycles. The van der Waals surface area contributed by atoms with Crippen molar-refractivity contribution in [3.05, 3.63) is 35.4 Å². The second kappa shape index (κ2) is 8.26. The molecule has 1 N–H and O–H groups in total. The fraction of sp³-hybridized carbons (Fsp3) is 0.429. The summed E-state index contributed by atoms with van der Waals surface area (Å²) in [7, 11) is 0. The third-order valence-corrected chi connectivity index (χ3v) is 2.45. The van der Waals surface area contributed by atoms with E-state index < -0.39 is 0 Å². The lowest BCUT2D eigenvalue weighted by atomic mass is 10.1. The van der Waals surface area contributed by atoms with Crippen LogP contribution in [0, 0.1) is 11.3 Å². The summed E-state index contributed by atoms with van der Waals surface area (Å²) in [5, 5.41) is 11.4. The first-order valence-corrected chi connectivity index (χ1v) is 6.09. The van der Waals surface area contributed by atoms with Crippen LogP contribution in [0.25, 0.3) is 0 Å². The number of nitrogens with one attached hydrogen (secondary N) is 1. The molecule has 18 heavy (non-hydrogen) atoms. The van der Waals surface area contributed by atoms with Crippen LogP contribution in [0.1, 0.15) is 29.3 Å². The second-order valence-electron chi connectivity index (χ2n) is 3.84. The molecule has 0 spiro atoms. The first-order valence-electron chi connectivity index (χ1n) is 6.09. The predicted molar refractivity (Wildman–Crippen MR) is 69.2 cm³/mol. The molecule has 0 atom stereocenters. The summed E-state index contributed by atoms with van der Waals surface area (Å²) < 4.78 is 5.18. The van der Waals surface area contributed by atoms with Crippen LogP contribution in [-0.4, -0.2) is 25.7 Å². The first-order chi connectivity index (χ1) is 8.77. The van der Waals surface area contributed by atoms with Crippen LogP contribution in [0.3, 0.4) is 0 Å². The molecular weight excluding hydrogens is 228 g/mol. The van der Waals surface area contributed by atoms with Gasteiger partial charge in [-0.1, -0.05) is 12.1 Å². The SMILES string of the molecule is CCOCCCNC(=O)c1ccc(CC#N)cc1. The van der Waals surface area contributed by atoms with Gasteiger partial charge in [0.15, 0.2) is 0 Å². The Labute approximate surface area is 108 Å². The lowest BCUT2D eigenvalue weighted by Crippen LogP contribution is -2.25. The molecule has 1 rings (SSSR count). The minimum Gasteiger partial charge on any atom is -0.382 e. The van der Waals surface area contributed by atoms with Crippen molar-refractivity contribution < 1.29 is 9.53 Å². The molecule has 0 fully saturated rings. The highest BCUT2D eigenvalue weighted by atomic mass is 16.5. The lowest BCUT2D eigenvalue weighted by Gasteiger charge is -2.05. The summed E-state index contributed by atoms with van der Waals surface area (Å²) in [6, 6.07) is 9.16. The number of hydrogen-bond donors (Lipinski definition) is 1. The van der Waals surface area contributed by atoms with Gasteiger partial charge >= 0.3 is 0 Å². The van der Waals surface area contributed by atoms with Gasteiger partial charge < -0.3 is 10.1 Å². The molecular formula is C14H18N2O2. The summed E-state index contributed by atoms with van der Waals surface area (Å²) in [6.07, 6.45) is 1.18. The molecule has 0 aliphatic heterocycles. The van der Waals surface area contributed by atoms with Crippen molar-refractivity contribution in [3.63, 3.8) is 0 Å². The zero-order valence-corrected chi connectivity index (χ0v) is 10.6. The van der Waals surface area contributed by atoms with Gasteiger partial charge in [-0.25, -0.2) is 0 Å². The number of ether oxygens (including phenoxy) is 1. The minimum absolute atomic E-state index is 0.0880. The zero-order chi connectivity index (χ0) is 13.2. The predicted octanol–water partition coefficient (Wildman–Crippen LogP) is 1.91. The van der Waals surface area contributed by atoms with Crippen LogP contribution in [0.2, 0.25) is 0 Å². The topological polar surface area (TPSA) is 62.1 Å². The van der Waals surface area contributed by atoms with E-state index in [-0.39, 0.29) is 5.91 Å². The molecule has 0 aromatic heterocycles. The Balaban J connectivity index is 2.35. The fourth-order valence-electron chi connectivity index (χ4n) is 1.49. The molecule has 0 radical (unpaired) electrons. The number of carbonyl (C=O) groups excluding carboxylic acids is 1. The van der Waals surface area contributed by atoms with Gasteiger partial charge in [0.05, 0.1) is 12.5 Å². The average molecular weight is 246 g/mol. The van der Waals surface area contributed by atoms with Crippen molar-refractivity contribution in [2.75, 3.05) is 19.8 Å². The second-order valence-corrected chi connectivity index (χ2v) is 3.84. The largest absolute Gasteiger partial charge is 0.382 e.